The minimum Gasteiger partial charge on any atom is -0.286 e. The molecule has 0 spiro atoms. The second kappa shape index (κ2) is 5.09. The molecule has 2 heterocycles. The third-order valence-corrected chi connectivity index (χ3v) is 2.39. The van der Waals surface area contributed by atoms with E-state index in [1.807, 2.05) is 0 Å². The highest BCUT2D eigenvalue weighted by Gasteiger charge is 2.04. The Labute approximate surface area is 103 Å². The molecule has 0 amide bonds. The molecule has 0 radical (unpaired) electrons. The van der Waals surface area contributed by atoms with Gasteiger partial charge < -0.3 is 0 Å². The van der Waals surface area contributed by atoms with Gasteiger partial charge in [-0.3, -0.25) is 14.3 Å². The Balaban J connectivity index is 0.00000128. The molecule has 6 heteroatoms. The van der Waals surface area contributed by atoms with Gasteiger partial charge in [0.25, 0.3) is 5.56 Å². The lowest BCUT2D eigenvalue weighted by atomic mass is 10.2. The van der Waals surface area contributed by atoms with Crippen molar-refractivity contribution < 1.29 is 0 Å². The van der Waals surface area contributed by atoms with Gasteiger partial charge >= 0.3 is 0 Å². The van der Waals surface area contributed by atoms with E-state index in [1.165, 1.54) is 10.6 Å². The van der Waals surface area contributed by atoms with Crippen molar-refractivity contribution in [2.75, 3.05) is 0 Å². The Bertz CT molecular complexity index is 540. The first-order valence-electron chi connectivity index (χ1n) is 4.32. The van der Waals surface area contributed by atoms with Crippen molar-refractivity contribution in [2.45, 2.75) is 0 Å². The van der Waals surface area contributed by atoms with Gasteiger partial charge in [-0.1, -0.05) is 0 Å². The van der Waals surface area contributed by atoms with Crippen LogP contribution in [0.4, 0.5) is 0 Å². The van der Waals surface area contributed by atoms with E-state index in [0.717, 1.165) is 5.56 Å². The van der Waals surface area contributed by atoms with E-state index in [0.29, 0.717) is 5.69 Å². The van der Waals surface area contributed by atoms with E-state index in [9.17, 15) is 4.79 Å². The van der Waals surface area contributed by atoms with Crippen LogP contribution >= 0.6 is 24.0 Å². The maximum atomic E-state index is 11.5. The molecular formula is C10H9Cl2N3O. The summed E-state index contributed by atoms with van der Waals surface area (Å²) in [6.07, 6.45) is 3.28. The first-order valence-corrected chi connectivity index (χ1v) is 4.70. The van der Waals surface area contributed by atoms with Gasteiger partial charge in [0, 0.05) is 31.1 Å². The van der Waals surface area contributed by atoms with Gasteiger partial charge in [0.15, 0.2) is 0 Å². The maximum Gasteiger partial charge on any atom is 0.254 e. The molecule has 0 unspecified atom stereocenters. The van der Waals surface area contributed by atoms with Crippen molar-refractivity contribution >= 4 is 24.0 Å². The van der Waals surface area contributed by atoms with Crippen LogP contribution in [-0.4, -0.2) is 14.5 Å². The summed E-state index contributed by atoms with van der Waals surface area (Å²) >= 11 is 5.81. The lowest BCUT2D eigenvalue weighted by molar-refractivity contribution is 0.828. The smallest absolute Gasteiger partial charge is 0.254 e. The number of hydrogen-bond donors (Lipinski definition) is 0. The summed E-state index contributed by atoms with van der Waals surface area (Å²) in [4.78, 5) is 19.5. The van der Waals surface area contributed by atoms with Crippen LogP contribution in [0.1, 0.15) is 0 Å². The van der Waals surface area contributed by atoms with E-state index < -0.39 is 0 Å². The van der Waals surface area contributed by atoms with Crippen LogP contribution in [-0.2, 0) is 7.05 Å². The molecule has 0 saturated heterocycles. The fourth-order valence-corrected chi connectivity index (χ4v) is 1.36. The Morgan fingerprint density at radius 3 is 2.50 bits per heavy atom. The Morgan fingerprint density at radius 2 is 1.94 bits per heavy atom. The molecule has 0 atom stereocenters. The molecule has 0 aliphatic rings. The molecule has 2 rings (SSSR count). The normalized spacial score (nSPS) is 9.62. The first-order chi connectivity index (χ1) is 7.18. The molecule has 4 nitrogen and oxygen atoms in total. The fourth-order valence-electron chi connectivity index (χ4n) is 1.18. The number of hydrogen-bond acceptors (Lipinski definition) is 3. The zero-order chi connectivity index (χ0) is 10.8. The Kier molecular flexibility index (Phi) is 4.04. The lowest BCUT2D eigenvalue weighted by Gasteiger charge is -2.03. The average molecular weight is 258 g/mol. The second-order valence-corrected chi connectivity index (χ2v) is 3.38. The topological polar surface area (TPSA) is 47.8 Å². The van der Waals surface area contributed by atoms with Crippen LogP contribution in [0.2, 0.25) is 5.28 Å². The zero-order valence-electron chi connectivity index (χ0n) is 8.42. The Morgan fingerprint density at radius 1 is 1.31 bits per heavy atom. The van der Waals surface area contributed by atoms with Gasteiger partial charge in [-0.05, 0) is 23.7 Å². The molecule has 0 aliphatic carbocycles. The van der Waals surface area contributed by atoms with Crippen LogP contribution in [0.5, 0.6) is 0 Å². The van der Waals surface area contributed by atoms with E-state index >= 15 is 0 Å². The molecule has 0 saturated carbocycles. The van der Waals surface area contributed by atoms with Gasteiger partial charge in [0.05, 0.1) is 5.69 Å². The quantitative estimate of drug-likeness (QED) is 0.734. The largest absolute Gasteiger partial charge is 0.286 e. The minimum absolute atomic E-state index is 0. The molecule has 2 aromatic heterocycles. The number of pyridine rings is 1. The molecule has 0 aromatic carbocycles. The molecule has 0 aliphatic heterocycles. The van der Waals surface area contributed by atoms with E-state index in [4.69, 9.17) is 11.6 Å². The van der Waals surface area contributed by atoms with Crippen molar-refractivity contribution in [2.24, 2.45) is 7.05 Å². The molecular weight excluding hydrogens is 249 g/mol. The van der Waals surface area contributed by atoms with E-state index in [1.54, 1.807) is 31.6 Å². The van der Waals surface area contributed by atoms with Crippen LogP contribution < -0.4 is 5.56 Å². The van der Waals surface area contributed by atoms with Crippen LogP contribution in [0, 0.1) is 0 Å². The van der Waals surface area contributed by atoms with Crippen LogP contribution in [0.3, 0.4) is 0 Å². The number of nitrogens with zero attached hydrogens (tertiary/aromatic N) is 3. The predicted molar refractivity (Wildman–Crippen MR) is 65.0 cm³/mol. The van der Waals surface area contributed by atoms with Gasteiger partial charge in [-0.2, -0.15) is 0 Å². The van der Waals surface area contributed by atoms with Gasteiger partial charge in [-0.25, -0.2) is 4.98 Å². The molecule has 0 fully saturated rings. The van der Waals surface area contributed by atoms with Gasteiger partial charge in [-0.15, -0.1) is 12.4 Å². The summed E-state index contributed by atoms with van der Waals surface area (Å²) in [6.45, 7) is 0. The average Bonchev–Trinajstić information content (AvgIpc) is 2.26. The number of halogens is 2. The van der Waals surface area contributed by atoms with Crippen LogP contribution in [0.25, 0.3) is 11.3 Å². The summed E-state index contributed by atoms with van der Waals surface area (Å²) < 4.78 is 1.28. The van der Waals surface area contributed by atoms with Gasteiger partial charge in [0.2, 0.25) is 5.28 Å². The summed E-state index contributed by atoms with van der Waals surface area (Å²) in [5.41, 5.74) is 1.21. The monoisotopic (exact) mass is 257 g/mol. The number of rotatable bonds is 1. The SMILES string of the molecule is Cl.Cn1c(Cl)nc(-c2ccncc2)cc1=O. The summed E-state index contributed by atoms with van der Waals surface area (Å²) in [5.74, 6) is 0. The van der Waals surface area contributed by atoms with Crippen LogP contribution in [0.15, 0.2) is 35.4 Å². The first kappa shape index (κ1) is 12.7. The summed E-state index contributed by atoms with van der Waals surface area (Å²) in [5, 5.41) is 0.175. The molecule has 84 valence electrons. The van der Waals surface area contributed by atoms with Crippen molar-refractivity contribution in [3.8, 4) is 11.3 Å². The summed E-state index contributed by atoms with van der Waals surface area (Å²) in [6, 6.07) is 5.00. The van der Waals surface area contributed by atoms with Crippen molar-refractivity contribution in [1.29, 1.82) is 0 Å². The van der Waals surface area contributed by atoms with E-state index in [-0.39, 0.29) is 23.2 Å². The minimum atomic E-state index is -0.179. The third kappa shape index (κ3) is 2.40. The second-order valence-electron chi connectivity index (χ2n) is 3.04. The highest BCUT2D eigenvalue weighted by molar-refractivity contribution is 6.28. The fraction of sp³-hybridized carbons (Fsp3) is 0.100. The van der Waals surface area contributed by atoms with Crippen molar-refractivity contribution in [3.05, 3.63) is 46.2 Å². The van der Waals surface area contributed by atoms with Crippen molar-refractivity contribution in [1.82, 2.24) is 14.5 Å². The van der Waals surface area contributed by atoms with Gasteiger partial charge in [0.1, 0.15) is 0 Å². The summed E-state index contributed by atoms with van der Waals surface area (Å²) in [7, 11) is 1.58. The predicted octanol–water partition coefficient (Wildman–Crippen LogP) is 1.92. The van der Waals surface area contributed by atoms with E-state index in [2.05, 4.69) is 9.97 Å². The Hall–Kier alpha value is -1.39. The van der Waals surface area contributed by atoms with Crippen molar-refractivity contribution in [3.63, 3.8) is 0 Å². The number of aromatic nitrogens is 3. The zero-order valence-corrected chi connectivity index (χ0v) is 10.00. The lowest BCUT2D eigenvalue weighted by Crippen LogP contribution is -2.17. The molecule has 16 heavy (non-hydrogen) atoms. The highest BCUT2D eigenvalue weighted by Crippen LogP contribution is 2.15. The molecule has 0 bridgehead atoms. The maximum absolute atomic E-state index is 11.5. The third-order valence-electron chi connectivity index (χ3n) is 2.06. The molecule has 0 N–H and O–H groups in total. The molecule has 2 aromatic rings. The highest BCUT2D eigenvalue weighted by atomic mass is 35.5. The standard InChI is InChI=1S/C10H8ClN3O.ClH/c1-14-9(15)6-8(13-10(14)11)7-2-4-12-5-3-7;/h2-6H,1H3;1H.